The van der Waals surface area contributed by atoms with Crippen LogP contribution in [-0.4, -0.2) is 0 Å². The van der Waals surface area contributed by atoms with E-state index in [1.165, 1.54) is 5.56 Å². The average Bonchev–Trinajstić information content (AvgIpc) is 2.25. The van der Waals surface area contributed by atoms with E-state index in [0.29, 0.717) is 0 Å². The number of benzene rings is 2. The van der Waals surface area contributed by atoms with Crippen LogP contribution in [0.5, 0.6) is 0 Å². The van der Waals surface area contributed by atoms with Gasteiger partial charge in [-0.2, -0.15) is 0 Å². The lowest BCUT2D eigenvalue weighted by Gasteiger charge is -2.08. The monoisotopic (exact) mass is 234 g/mol. The molecule has 0 amide bonds. The number of nitrogen functional groups attached to an aromatic ring is 1. The number of hydrogen-bond donors (Lipinski definition) is 2. The number of hydrogen-bond acceptors (Lipinski definition) is 2. The minimum Gasteiger partial charge on any atom is -0.397 e. The Labute approximate surface area is 102 Å². The highest BCUT2D eigenvalue weighted by molar-refractivity contribution is 5.85. The van der Waals surface area contributed by atoms with Crippen LogP contribution in [0.3, 0.4) is 0 Å². The van der Waals surface area contributed by atoms with Gasteiger partial charge in [-0.05, 0) is 31.2 Å². The first-order valence-electron chi connectivity index (χ1n) is 4.94. The maximum atomic E-state index is 5.84. The van der Waals surface area contributed by atoms with Gasteiger partial charge in [0, 0.05) is 5.69 Å². The first kappa shape index (κ1) is 12.4. The summed E-state index contributed by atoms with van der Waals surface area (Å²) in [4.78, 5) is 0. The van der Waals surface area contributed by atoms with Gasteiger partial charge in [0.15, 0.2) is 0 Å². The van der Waals surface area contributed by atoms with E-state index in [4.69, 9.17) is 5.73 Å². The molecule has 0 spiro atoms. The second-order valence-electron chi connectivity index (χ2n) is 3.58. The largest absolute Gasteiger partial charge is 0.397 e. The molecule has 16 heavy (non-hydrogen) atoms. The van der Waals surface area contributed by atoms with Crippen molar-refractivity contribution in [2.24, 2.45) is 0 Å². The molecule has 3 heteroatoms. The summed E-state index contributed by atoms with van der Waals surface area (Å²) in [6.45, 7) is 2.07. The van der Waals surface area contributed by atoms with Gasteiger partial charge in [0.25, 0.3) is 0 Å². The van der Waals surface area contributed by atoms with Gasteiger partial charge >= 0.3 is 0 Å². The first-order chi connectivity index (χ1) is 7.25. The van der Waals surface area contributed by atoms with Gasteiger partial charge in [0.1, 0.15) is 0 Å². The summed E-state index contributed by atoms with van der Waals surface area (Å²) in [5.74, 6) is 0. The minimum absolute atomic E-state index is 0. The van der Waals surface area contributed by atoms with E-state index < -0.39 is 0 Å². The molecule has 0 fully saturated rings. The highest BCUT2D eigenvalue weighted by Crippen LogP contribution is 2.22. The van der Waals surface area contributed by atoms with Gasteiger partial charge in [0.2, 0.25) is 0 Å². The number of rotatable bonds is 2. The Morgan fingerprint density at radius 3 is 2.19 bits per heavy atom. The van der Waals surface area contributed by atoms with Crippen molar-refractivity contribution in [1.82, 2.24) is 0 Å². The summed E-state index contributed by atoms with van der Waals surface area (Å²) < 4.78 is 0. The predicted octanol–water partition coefficient (Wildman–Crippen LogP) is 3.74. The molecule has 2 aromatic rings. The standard InChI is InChI=1S/C13H14N2.ClH/c1-10-6-8-11(9-7-10)15-13-5-3-2-4-12(13)14;/h2-9,15H,14H2,1H3;1H. The maximum absolute atomic E-state index is 5.84. The van der Waals surface area contributed by atoms with E-state index in [1.54, 1.807) is 0 Å². The summed E-state index contributed by atoms with van der Waals surface area (Å²) in [5, 5.41) is 3.27. The zero-order chi connectivity index (χ0) is 10.7. The lowest BCUT2D eigenvalue weighted by molar-refractivity contribution is 1.45. The van der Waals surface area contributed by atoms with Crippen molar-refractivity contribution in [3.05, 3.63) is 54.1 Å². The summed E-state index contributed by atoms with van der Waals surface area (Å²) in [6.07, 6.45) is 0. The second kappa shape index (κ2) is 5.42. The van der Waals surface area contributed by atoms with Crippen LogP contribution >= 0.6 is 12.4 Å². The van der Waals surface area contributed by atoms with Gasteiger partial charge in [-0.3, -0.25) is 0 Å². The molecule has 2 nitrogen and oxygen atoms in total. The molecule has 3 N–H and O–H groups in total. The molecular weight excluding hydrogens is 220 g/mol. The molecule has 0 heterocycles. The number of nitrogens with two attached hydrogens (primary N) is 1. The Morgan fingerprint density at radius 2 is 1.56 bits per heavy atom. The molecule has 0 aromatic heterocycles. The zero-order valence-corrected chi connectivity index (χ0v) is 9.92. The van der Waals surface area contributed by atoms with Gasteiger partial charge in [-0.1, -0.05) is 29.8 Å². The Hall–Kier alpha value is -1.67. The number of nitrogens with one attached hydrogen (secondary N) is 1. The third kappa shape index (κ3) is 2.91. The molecule has 2 rings (SSSR count). The number of para-hydroxylation sites is 2. The van der Waals surface area contributed by atoms with Crippen LogP contribution in [0.4, 0.5) is 17.1 Å². The highest BCUT2D eigenvalue weighted by atomic mass is 35.5. The predicted molar refractivity (Wildman–Crippen MR) is 72.6 cm³/mol. The molecule has 0 saturated carbocycles. The van der Waals surface area contributed by atoms with E-state index in [1.807, 2.05) is 36.4 Å². The topological polar surface area (TPSA) is 38.0 Å². The summed E-state index contributed by atoms with van der Waals surface area (Å²) in [7, 11) is 0. The van der Waals surface area contributed by atoms with Crippen molar-refractivity contribution >= 4 is 29.5 Å². The lowest BCUT2D eigenvalue weighted by Crippen LogP contribution is -1.95. The molecule has 84 valence electrons. The maximum Gasteiger partial charge on any atom is 0.0617 e. The quantitative estimate of drug-likeness (QED) is 0.777. The molecule has 0 saturated heterocycles. The van der Waals surface area contributed by atoms with Gasteiger partial charge < -0.3 is 11.1 Å². The Morgan fingerprint density at radius 1 is 0.938 bits per heavy atom. The lowest BCUT2D eigenvalue weighted by atomic mass is 10.2. The summed E-state index contributed by atoms with van der Waals surface area (Å²) >= 11 is 0. The van der Waals surface area contributed by atoms with Gasteiger partial charge in [-0.15, -0.1) is 12.4 Å². The van der Waals surface area contributed by atoms with E-state index in [2.05, 4.69) is 24.4 Å². The molecule has 0 aliphatic rings. The highest BCUT2D eigenvalue weighted by Gasteiger charge is 1.97. The van der Waals surface area contributed by atoms with E-state index >= 15 is 0 Å². The molecule has 2 aromatic carbocycles. The number of halogens is 1. The normalized spacial score (nSPS) is 9.31. The van der Waals surface area contributed by atoms with E-state index in [0.717, 1.165) is 17.1 Å². The summed E-state index contributed by atoms with van der Waals surface area (Å²) in [6, 6.07) is 16.0. The van der Waals surface area contributed by atoms with Crippen LogP contribution in [0.1, 0.15) is 5.56 Å². The van der Waals surface area contributed by atoms with Crippen LogP contribution in [0, 0.1) is 6.92 Å². The van der Waals surface area contributed by atoms with Crippen molar-refractivity contribution < 1.29 is 0 Å². The molecule has 0 bridgehead atoms. The SMILES string of the molecule is Cc1ccc(Nc2ccccc2N)cc1.Cl. The smallest absolute Gasteiger partial charge is 0.0617 e. The van der Waals surface area contributed by atoms with Crippen molar-refractivity contribution in [2.75, 3.05) is 11.1 Å². The zero-order valence-electron chi connectivity index (χ0n) is 9.10. The fourth-order valence-electron chi connectivity index (χ4n) is 1.40. The number of anilines is 3. The molecule has 0 atom stereocenters. The fourth-order valence-corrected chi connectivity index (χ4v) is 1.40. The van der Waals surface area contributed by atoms with Crippen LogP contribution in [0.15, 0.2) is 48.5 Å². The molecule has 0 radical (unpaired) electrons. The molecular formula is C13H15ClN2. The van der Waals surface area contributed by atoms with Gasteiger partial charge in [0.05, 0.1) is 11.4 Å². The van der Waals surface area contributed by atoms with Crippen LogP contribution in [-0.2, 0) is 0 Å². The average molecular weight is 235 g/mol. The van der Waals surface area contributed by atoms with E-state index in [-0.39, 0.29) is 12.4 Å². The van der Waals surface area contributed by atoms with Crippen molar-refractivity contribution in [3.8, 4) is 0 Å². The van der Waals surface area contributed by atoms with Crippen LogP contribution in [0.25, 0.3) is 0 Å². The summed E-state index contributed by atoms with van der Waals surface area (Å²) in [5.41, 5.74) is 9.85. The number of aryl methyl sites for hydroxylation is 1. The van der Waals surface area contributed by atoms with Gasteiger partial charge in [-0.25, -0.2) is 0 Å². The Balaban J connectivity index is 0.00000128. The van der Waals surface area contributed by atoms with Crippen molar-refractivity contribution in [3.63, 3.8) is 0 Å². The van der Waals surface area contributed by atoms with E-state index in [9.17, 15) is 0 Å². The third-order valence-electron chi connectivity index (χ3n) is 2.29. The van der Waals surface area contributed by atoms with Crippen molar-refractivity contribution in [2.45, 2.75) is 6.92 Å². The molecule has 0 aliphatic carbocycles. The second-order valence-corrected chi connectivity index (χ2v) is 3.58. The fraction of sp³-hybridized carbons (Fsp3) is 0.0769. The molecule has 0 unspecified atom stereocenters. The minimum atomic E-state index is 0. The van der Waals surface area contributed by atoms with Crippen molar-refractivity contribution in [1.29, 1.82) is 0 Å². The van der Waals surface area contributed by atoms with Crippen LogP contribution in [0.2, 0.25) is 0 Å². The third-order valence-corrected chi connectivity index (χ3v) is 2.29. The Bertz CT molecular complexity index is 452. The van der Waals surface area contributed by atoms with Crippen LogP contribution < -0.4 is 11.1 Å². The first-order valence-corrected chi connectivity index (χ1v) is 4.94. The Kier molecular flexibility index (Phi) is 4.20. The molecule has 0 aliphatic heterocycles.